The molecule has 0 bridgehead atoms. The number of ether oxygens (including phenoxy) is 1. The van der Waals surface area contributed by atoms with Crippen LogP contribution in [-0.4, -0.2) is 57.5 Å². The summed E-state index contributed by atoms with van der Waals surface area (Å²) >= 11 is 0. The number of hydrogen-bond donors (Lipinski definition) is 1. The third kappa shape index (κ3) is 3.63. The number of aromatic nitrogens is 2. The Bertz CT molecular complexity index is 683. The van der Waals surface area contributed by atoms with E-state index < -0.39 is 11.9 Å². The Morgan fingerprint density at radius 2 is 1.88 bits per heavy atom. The van der Waals surface area contributed by atoms with Crippen LogP contribution >= 0.6 is 0 Å². The zero-order chi connectivity index (χ0) is 19.1. The van der Waals surface area contributed by atoms with Gasteiger partial charge in [0, 0.05) is 32.2 Å². The number of likely N-dealkylation sites (tertiary alicyclic amines) is 1. The van der Waals surface area contributed by atoms with Crippen LogP contribution in [0.15, 0.2) is 6.07 Å². The number of carboxylic acid groups (broad SMARTS) is 1. The summed E-state index contributed by atoms with van der Waals surface area (Å²) in [5.74, 6) is -0.973. The molecule has 1 aromatic rings. The van der Waals surface area contributed by atoms with Crippen LogP contribution < -0.4 is 0 Å². The largest absolute Gasteiger partial charge is 0.481 e. The van der Waals surface area contributed by atoms with E-state index in [2.05, 4.69) is 25.9 Å². The molecular formula is C19H29N3O4. The molecule has 7 nitrogen and oxygen atoms in total. The SMILES string of the molecule is Cn1nc(C(C)(C)C)cc1C(=O)N1CCC([C@@H]2OCCC2C(=O)O)CC1. The number of piperidine rings is 1. The van der Waals surface area contributed by atoms with Crippen LogP contribution in [0, 0.1) is 11.8 Å². The summed E-state index contributed by atoms with van der Waals surface area (Å²) in [4.78, 5) is 26.1. The predicted octanol–water partition coefficient (Wildman–Crippen LogP) is 2.06. The lowest BCUT2D eigenvalue weighted by Gasteiger charge is -2.35. The minimum absolute atomic E-state index is 0.00363. The Labute approximate surface area is 154 Å². The summed E-state index contributed by atoms with van der Waals surface area (Å²) in [6.07, 6.45) is 1.94. The quantitative estimate of drug-likeness (QED) is 0.888. The lowest BCUT2D eigenvalue weighted by Crippen LogP contribution is -2.43. The van der Waals surface area contributed by atoms with E-state index >= 15 is 0 Å². The first-order valence-corrected chi connectivity index (χ1v) is 9.36. The number of aryl methyl sites for hydroxylation is 1. The topological polar surface area (TPSA) is 84.7 Å². The van der Waals surface area contributed by atoms with Gasteiger partial charge in [-0.3, -0.25) is 14.3 Å². The summed E-state index contributed by atoms with van der Waals surface area (Å²) in [7, 11) is 1.80. The van der Waals surface area contributed by atoms with E-state index in [-0.39, 0.29) is 23.3 Å². The Balaban J connectivity index is 1.64. The first-order chi connectivity index (χ1) is 12.2. The van der Waals surface area contributed by atoms with Gasteiger partial charge in [-0.2, -0.15) is 5.10 Å². The van der Waals surface area contributed by atoms with E-state index in [1.807, 2.05) is 11.0 Å². The number of carboxylic acids is 1. The van der Waals surface area contributed by atoms with E-state index in [4.69, 9.17) is 4.74 Å². The number of carbonyl (C=O) groups is 2. The van der Waals surface area contributed by atoms with Crippen LogP contribution in [0.3, 0.4) is 0 Å². The van der Waals surface area contributed by atoms with Gasteiger partial charge in [-0.05, 0) is 31.2 Å². The smallest absolute Gasteiger partial charge is 0.309 e. The normalized spacial score (nSPS) is 24.8. The lowest BCUT2D eigenvalue weighted by atomic mass is 9.84. The summed E-state index contributed by atoms with van der Waals surface area (Å²) in [6.45, 7) is 8.02. The minimum Gasteiger partial charge on any atom is -0.481 e. The highest BCUT2D eigenvalue weighted by atomic mass is 16.5. The van der Waals surface area contributed by atoms with Gasteiger partial charge in [0.05, 0.1) is 17.7 Å². The molecule has 144 valence electrons. The first-order valence-electron chi connectivity index (χ1n) is 9.36. The molecule has 1 amide bonds. The number of aliphatic carboxylic acids is 1. The van der Waals surface area contributed by atoms with Gasteiger partial charge in [0.25, 0.3) is 5.91 Å². The highest BCUT2D eigenvalue weighted by Crippen LogP contribution is 2.33. The van der Waals surface area contributed by atoms with E-state index in [9.17, 15) is 14.7 Å². The van der Waals surface area contributed by atoms with Crippen LogP contribution in [0.4, 0.5) is 0 Å². The van der Waals surface area contributed by atoms with Gasteiger partial charge >= 0.3 is 5.97 Å². The minimum atomic E-state index is -0.768. The van der Waals surface area contributed by atoms with Crippen LogP contribution in [0.1, 0.15) is 56.2 Å². The van der Waals surface area contributed by atoms with Crippen LogP contribution in [0.5, 0.6) is 0 Å². The molecule has 0 spiro atoms. The predicted molar refractivity (Wildman–Crippen MR) is 96.0 cm³/mol. The molecule has 1 N–H and O–H groups in total. The zero-order valence-corrected chi connectivity index (χ0v) is 16.1. The highest BCUT2D eigenvalue weighted by molar-refractivity contribution is 5.92. The Kier molecular flexibility index (Phi) is 5.10. The van der Waals surface area contributed by atoms with Crippen molar-refractivity contribution in [3.05, 3.63) is 17.5 Å². The number of hydrogen-bond acceptors (Lipinski definition) is 4. The van der Waals surface area contributed by atoms with Gasteiger partial charge in [0.1, 0.15) is 5.69 Å². The van der Waals surface area contributed by atoms with Gasteiger partial charge in [-0.1, -0.05) is 20.8 Å². The number of nitrogens with zero attached hydrogens (tertiary/aromatic N) is 3. The molecule has 7 heteroatoms. The Morgan fingerprint density at radius 1 is 1.23 bits per heavy atom. The monoisotopic (exact) mass is 363 g/mol. The number of amides is 1. The maximum Gasteiger partial charge on any atom is 0.309 e. The van der Waals surface area contributed by atoms with Crippen LogP contribution in [0.2, 0.25) is 0 Å². The van der Waals surface area contributed by atoms with E-state index in [0.717, 1.165) is 18.5 Å². The van der Waals surface area contributed by atoms with Crippen LogP contribution in [0.25, 0.3) is 0 Å². The maximum atomic E-state index is 12.9. The molecule has 0 aliphatic carbocycles. The molecule has 3 heterocycles. The third-order valence-corrected chi connectivity index (χ3v) is 5.61. The molecule has 2 fully saturated rings. The van der Waals surface area contributed by atoms with Crippen molar-refractivity contribution in [3.8, 4) is 0 Å². The highest BCUT2D eigenvalue weighted by Gasteiger charge is 2.41. The first kappa shape index (κ1) is 18.9. The molecule has 2 saturated heterocycles. The second-order valence-electron chi connectivity index (χ2n) is 8.49. The fourth-order valence-electron chi connectivity index (χ4n) is 3.97. The molecule has 0 saturated carbocycles. The van der Waals surface area contributed by atoms with Crippen molar-refractivity contribution in [1.29, 1.82) is 0 Å². The van der Waals surface area contributed by atoms with E-state index in [1.54, 1.807) is 11.7 Å². The molecule has 0 radical (unpaired) electrons. The molecule has 2 atom stereocenters. The standard InChI is InChI=1S/C19H29N3O4/c1-19(2,3)15-11-14(21(4)20-15)17(23)22-8-5-12(6-9-22)16-13(18(24)25)7-10-26-16/h11-13,16H,5-10H2,1-4H3,(H,24,25)/t13?,16-/m0/s1. The van der Waals surface area contributed by atoms with Crippen LogP contribution in [-0.2, 0) is 22.0 Å². The fraction of sp³-hybridized carbons (Fsp3) is 0.737. The summed E-state index contributed by atoms with van der Waals surface area (Å²) in [6, 6.07) is 1.88. The average molecular weight is 363 g/mol. The van der Waals surface area contributed by atoms with Crippen molar-refractivity contribution in [1.82, 2.24) is 14.7 Å². The second kappa shape index (κ2) is 7.02. The molecular weight excluding hydrogens is 334 g/mol. The van der Waals surface area contributed by atoms with Gasteiger partial charge in [-0.15, -0.1) is 0 Å². The number of rotatable bonds is 3. The van der Waals surface area contributed by atoms with Gasteiger partial charge in [-0.25, -0.2) is 0 Å². The molecule has 2 aliphatic rings. The van der Waals surface area contributed by atoms with Crippen molar-refractivity contribution in [2.75, 3.05) is 19.7 Å². The lowest BCUT2D eigenvalue weighted by molar-refractivity contribution is -0.145. The van der Waals surface area contributed by atoms with Crippen molar-refractivity contribution >= 4 is 11.9 Å². The molecule has 1 aromatic heterocycles. The maximum absolute atomic E-state index is 12.9. The number of carbonyl (C=O) groups excluding carboxylic acids is 1. The van der Waals surface area contributed by atoms with Gasteiger partial charge in [0.2, 0.25) is 0 Å². The summed E-state index contributed by atoms with van der Waals surface area (Å²) < 4.78 is 7.37. The molecule has 2 aliphatic heterocycles. The summed E-state index contributed by atoms with van der Waals surface area (Å²) in [5, 5.41) is 13.8. The van der Waals surface area contributed by atoms with Crippen molar-refractivity contribution in [3.63, 3.8) is 0 Å². The fourth-order valence-corrected chi connectivity index (χ4v) is 3.97. The molecule has 3 rings (SSSR count). The second-order valence-corrected chi connectivity index (χ2v) is 8.49. The van der Waals surface area contributed by atoms with Crippen molar-refractivity contribution < 1.29 is 19.4 Å². The Morgan fingerprint density at radius 3 is 2.42 bits per heavy atom. The van der Waals surface area contributed by atoms with E-state index in [1.165, 1.54) is 0 Å². The molecule has 26 heavy (non-hydrogen) atoms. The third-order valence-electron chi connectivity index (χ3n) is 5.61. The van der Waals surface area contributed by atoms with Gasteiger partial charge in [0.15, 0.2) is 0 Å². The molecule has 1 unspecified atom stereocenters. The van der Waals surface area contributed by atoms with E-state index in [0.29, 0.717) is 31.8 Å². The van der Waals surface area contributed by atoms with Crippen molar-refractivity contribution in [2.24, 2.45) is 18.9 Å². The molecule has 0 aromatic carbocycles. The summed E-state index contributed by atoms with van der Waals surface area (Å²) in [5.41, 5.74) is 1.41. The zero-order valence-electron chi connectivity index (χ0n) is 16.1. The Hall–Kier alpha value is -1.89. The van der Waals surface area contributed by atoms with Crippen molar-refractivity contribution in [2.45, 2.75) is 51.6 Å². The average Bonchev–Trinajstić information content (AvgIpc) is 3.20. The van der Waals surface area contributed by atoms with Gasteiger partial charge < -0.3 is 14.7 Å².